The molecule has 5 heteroatoms. The molecule has 0 spiro atoms. The summed E-state index contributed by atoms with van der Waals surface area (Å²) >= 11 is 0. The molecule has 1 aromatic heterocycles. The molecule has 0 aromatic carbocycles. The van der Waals surface area contributed by atoms with Gasteiger partial charge in [-0.3, -0.25) is 9.48 Å². The summed E-state index contributed by atoms with van der Waals surface area (Å²) in [7, 11) is 1.72. The lowest BCUT2D eigenvalue weighted by molar-refractivity contribution is -0.122. The van der Waals surface area contributed by atoms with Gasteiger partial charge in [-0.25, -0.2) is 0 Å². The summed E-state index contributed by atoms with van der Waals surface area (Å²) in [4.78, 5) is 11.6. The third kappa shape index (κ3) is 1.84. The molecule has 2 rings (SSSR count). The Bertz CT molecular complexity index is 425. The predicted molar refractivity (Wildman–Crippen MR) is 53.9 cm³/mol. The lowest BCUT2D eigenvalue weighted by atomic mass is 9.85. The molecule has 1 aromatic rings. The quantitative estimate of drug-likeness (QED) is 0.782. The predicted octanol–water partition coefficient (Wildman–Crippen LogP) is 1.03. The van der Waals surface area contributed by atoms with Crippen LogP contribution in [0.2, 0.25) is 0 Å². The smallest absolute Gasteiger partial charge is 0.228 e. The normalized spacial score (nSPS) is 15.5. The van der Waals surface area contributed by atoms with E-state index in [0.717, 1.165) is 19.3 Å². The van der Waals surface area contributed by atoms with Gasteiger partial charge in [-0.2, -0.15) is 10.4 Å². The zero-order valence-corrected chi connectivity index (χ0v) is 8.53. The van der Waals surface area contributed by atoms with E-state index < -0.39 is 0 Å². The van der Waals surface area contributed by atoms with Crippen molar-refractivity contribution in [2.75, 3.05) is 5.32 Å². The first-order valence-electron chi connectivity index (χ1n) is 4.95. The fourth-order valence-electron chi connectivity index (χ4n) is 1.55. The van der Waals surface area contributed by atoms with E-state index in [4.69, 9.17) is 5.26 Å². The van der Waals surface area contributed by atoms with Gasteiger partial charge in [0.2, 0.25) is 5.91 Å². The molecule has 1 aliphatic rings. The van der Waals surface area contributed by atoms with Crippen LogP contribution in [0.3, 0.4) is 0 Å². The van der Waals surface area contributed by atoms with Gasteiger partial charge in [0.05, 0.1) is 0 Å². The van der Waals surface area contributed by atoms with Crippen LogP contribution >= 0.6 is 0 Å². The van der Waals surface area contributed by atoms with Gasteiger partial charge in [0.1, 0.15) is 11.6 Å². The number of hydrogen-bond donors (Lipinski definition) is 1. The first kappa shape index (κ1) is 9.71. The minimum absolute atomic E-state index is 0.0172. The second-order valence-corrected chi connectivity index (χ2v) is 3.79. The SMILES string of the molecule is Cn1cc(C#N)c(NC(=O)C2CCC2)n1. The van der Waals surface area contributed by atoms with Crippen LogP contribution in [-0.2, 0) is 11.8 Å². The van der Waals surface area contributed by atoms with E-state index in [-0.39, 0.29) is 11.8 Å². The molecule has 0 bridgehead atoms. The summed E-state index contributed by atoms with van der Waals surface area (Å²) in [5.74, 6) is 0.465. The van der Waals surface area contributed by atoms with E-state index in [0.29, 0.717) is 11.4 Å². The Hall–Kier alpha value is -1.83. The Morgan fingerprint density at radius 3 is 3.00 bits per heavy atom. The van der Waals surface area contributed by atoms with Crippen molar-refractivity contribution in [1.82, 2.24) is 9.78 Å². The minimum atomic E-state index is -0.0172. The number of aromatic nitrogens is 2. The summed E-state index contributed by atoms with van der Waals surface area (Å²) in [6.07, 6.45) is 4.60. The lowest BCUT2D eigenvalue weighted by Gasteiger charge is -2.23. The lowest BCUT2D eigenvalue weighted by Crippen LogP contribution is -2.28. The highest BCUT2D eigenvalue weighted by Gasteiger charge is 2.26. The number of amides is 1. The van der Waals surface area contributed by atoms with Crippen LogP contribution in [0, 0.1) is 17.2 Å². The molecule has 1 amide bonds. The molecular weight excluding hydrogens is 192 g/mol. The fraction of sp³-hybridized carbons (Fsp3) is 0.500. The van der Waals surface area contributed by atoms with Crippen LogP contribution < -0.4 is 5.32 Å². The van der Waals surface area contributed by atoms with E-state index in [9.17, 15) is 4.79 Å². The molecule has 0 radical (unpaired) electrons. The number of nitriles is 1. The highest BCUT2D eigenvalue weighted by molar-refractivity contribution is 5.93. The van der Waals surface area contributed by atoms with Crippen molar-refractivity contribution in [3.05, 3.63) is 11.8 Å². The minimum Gasteiger partial charge on any atom is -0.308 e. The van der Waals surface area contributed by atoms with Crippen LogP contribution in [-0.4, -0.2) is 15.7 Å². The molecule has 0 aliphatic heterocycles. The van der Waals surface area contributed by atoms with Gasteiger partial charge in [-0.15, -0.1) is 0 Å². The van der Waals surface area contributed by atoms with Gasteiger partial charge in [0.25, 0.3) is 0 Å². The van der Waals surface area contributed by atoms with Crippen LogP contribution in [0.4, 0.5) is 5.82 Å². The number of rotatable bonds is 2. The first-order chi connectivity index (χ1) is 7.20. The molecule has 5 nitrogen and oxygen atoms in total. The molecule has 0 atom stereocenters. The van der Waals surface area contributed by atoms with Crippen molar-refractivity contribution >= 4 is 11.7 Å². The Morgan fingerprint density at radius 1 is 1.73 bits per heavy atom. The molecule has 15 heavy (non-hydrogen) atoms. The van der Waals surface area contributed by atoms with Crippen molar-refractivity contribution in [3.8, 4) is 6.07 Å². The second-order valence-electron chi connectivity index (χ2n) is 3.79. The molecular formula is C10H12N4O. The van der Waals surface area contributed by atoms with E-state index in [2.05, 4.69) is 10.4 Å². The molecule has 1 N–H and O–H groups in total. The van der Waals surface area contributed by atoms with E-state index in [1.165, 1.54) is 4.68 Å². The van der Waals surface area contributed by atoms with E-state index >= 15 is 0 Å². The third-order valence-corrected chi connectivity index (χ3v) is 2.67. The van der Waals surface area contributed by atoms with Crippen molar-refractivity contribution in [2.24, 2.45) is 13.0 Å². The summed E-state index contributed by atoms with van der Waals surface area (Å²) < 4.78 is 1.52. The fourth-order valence-corrected chi connectivity index (χ4v) is 1.55. The molecule has 0 unspecified atom stereocenters. The highest BCUT2D eigenvalue weighted by atomic mass is 16.2. The van der Waals surface area contributed by atoms with Gasteiger partial charge < -0.3 is 5.32 Å². The number of aryl methyl sites for hydroxylation is 1. The average molecular weight is 204 g/mol. The second kappa shape index (κ2) is 3.73. The number of nitrogens with one attached hydrogen (secondary N) is 1. The average Bonchev–Trinajstić information content (AvgIpc) is 2.42. The number of anilines is 1. The van der Waals surface area contributed by atoms with E-state index in [1.54, 1.807) is 13.2 Å². The maximum absolute atomic E-state index is 11.6. The molecule has 0 saturated heterocycles. The summed E-state index contributed by atoms with van der Waals surface area (Å²) in [5.41, 5.74) is 0.408. The standard InChI is InChI=1S/C10H12N4O/c1-14-6-8(5-11)9(13-14)12-10(15)7-3-2-4-7/h6-7H,2-4H2,1H3,(H,12,13,15). The maximum Gasteiger partial charge on any atom is 0.228 e. The largest absolute Gasteiger partial charge is 0.308 e. The van der Waals surface area contributed by atoms with E-state index in [1.807, 2.05) is 6.07 Å². The van der Waals surface area contributed by atoms with Gasteiger partial charge in [0, 0.05) is 19.2 Å². The van der Waals surface area contributed by atoms with Gasteiger partial charge >= 0.3 is 0 Å². The molecule has 1 fully saturated rings. The molecule has 1 heterocycles. The van der Waals surface area contributed by atoms with Crippen molar-refractivity contribution in [3.63, 3.8) is 0 Å². The Balaban J connectivity index is 2.09. The monoisotopic (exact) mass is 204 g/mol. The van der Waals surface area contributed by atoms with Crippen LogP contribution in [0.25, 0.3) is 0 Å². The van der Waals surface area contributed by atoms with Crippen LogP contribution in [0.1, 0.15) is 24.8 Å². The third-order valence-electron chi connectivity index (χ3n) is 2.67. The maximum atomic E-state index is 11.6. The Morgan fingerprint density at radius 2 is 2.47 bits per heavy atom. The van der Waals surface area contributed by atoms with Gasteiger partial charge in [0.15, 0.2) is 5.82 Å². The number of carbonyl (C=O) groups excluding carboxylic acids is 1. The Kier molecular flexibility index (Phi) is 2.42. The van der Waals surface area contributed by atoms with Crippen molar-refractivity contribution in [1.29, 1.82) is 5.26 Å². The topological polar surface area (TPSA) is 70.7 Å². The summed E-state index contributed by atoms with van der Waals surface area (Å²) in [6, 6.07) is 2.00. The molecule has 1 aliphatic carbocycles. The number of hydrogen-bond acceptors (Lipinski definition) is 3. The van der Waals surface area contributed by atoms with Crippen LogP contribution in [0.5, 0.6) is 0 Å². The highest BCUT2D eigenvalue weighted by Crippen LogP contribution is 2.27. The summed E-state index contributed by atoms with van der Waals surface area (Å²) in [5, 5.41) is 15.5. The first-order valence-corrected chi connectivity index (χ1v) is 4.95. The number of nitrogens with zero attached hydrogens (tertiary/aromatic N) is 3. The molecule has 1 saturated carbocycles. The zero-order valence-electron chi connectivity index (χ0n) is 8.53. The summed E-state index contributed by atoms with van der Waals surface area (Å²) in [6.45, 7) is 0. The van der Waals surface area contributed by atoms with Gasteiger partial charge in [-0.05, 0) is 12.8 Å². The van der Waals surface area contributed by atoms with Crippen molar-refractivity contribution < 1.29 is 4.79 Å². The van der Waals surface area contributed by atoms with Crippen molar-refractivity contribution in [2.45, 2.75) is 19.3 Å². The van der Waals surface area contributed by atoms with Gasteiger partial charge in [-0.1, -0.05) is 6.42 Å². The van der Waals surface area contributed by atoms with Crippen LogP contribution in [0.15, 0.2) is 6.20 Å². The Labute approximate surface area is 87.7 Å². The zero-order chi connectivity index (χ0) is 10.8. The molecule has 78 valence electrons. The number of carbonyl (C=O) groups is 1.